The fraction of sp³-hybridized carbons (Fsp3) is 0.261. The lowest BCUT2D eigenvalue weighted by Gasteiger charge is -2.15. The molecule has 1 heterocycles. The number of carboxylic acid groups (broad SMARTS) is 2. The Bertz CT molecular complexity index is 864. The first kappa shape index (κ1) is 23.0. The molecule has 0 saturated carbocycles. The maximum absolute atomic E-state index is 12.9. The van der Waals surface area contributed by atoms with E-state index in [1.165, 1.54) is 17.7 Å². The van der Waals surface area contributed by atoms with Gasteiger partial charge in [-0.2, -0.15) is 0 Å². The number of halogens is 1. The van der Waals surface area contributed by atoms with Crippen LogP contribution in [-0.4, -0.2) is 45.9 Å². The molecule has 7 heteroatoms. The zero-order valence-corrected chi connectivity index (χ0v) is 16.4. The minimum absolute atomic E-state index is 0.117. The molecule has 6 nitrogen and oxygen atoms in total. The molecular formula is C23H24FNO5. The molecule has 0 spiro atoms. The number of hydrogen-bond donors (Lipinski definition) is 2. The predicted octanol–water partition coefficient (Wildman–Crippen LogP) is 3.63. The summed E-state index contributed by atoms with van der Waals surface area (Å²) >= 11 is 0. The van der Waals surface area contributed by atoms with Crippen LogP contribution in [-0.2, 0) is 16.1 Å². The third-order valence-electron chi connectivity index (χ3n) is 4.63. The number of Topliss-reactive ketones (excluding diaryl/α,β-unsaturated/α-hetero) is 1. The number of rotatable bonds is 7. The molecular weight excluding hydrogens is 389 g/mol. The number of carbonyl (C=O) groups excluding carboxylic acids is 1. The molecule has 158 valence electrons. The Morgan fingerprint density at radius 3 is 2.13 bits per heavy atom. The lowest BCUT2D eigenvalue weighted by Crippen LogP contribution is -2.20. The van der Waals surface area contributed by atoms with Crippen LogP contribution >= 0.6 is 0 Å². The Kier molecular flexibility index (Phi) is 8.90. The van der Waals surface area contributed by atoms with Crippen LogP contribution in [0.5, 0.6) is 0 Å². The van der Waals surface area contributed by atoms with Crippen molar-refractivity contribution < 1.29 is 29.0 Å². The van der Waals surface area contributed by atoms with Crippen molar-refractivity contribution in [1.82, 2.24) is 4.90 Å². The molecule has 1 unspecified atom stereocenters. The van der Waals surface area contributed by atoms with Crippen molar-refractivity contribution in [2.45, 2.75) is 19.4 Å². The lowest BCUT2D eigenvalue weighted by atomic mass is 9.97. The highest BCUT2D eigenvalue weighted by molar-refractivity contribution is 5.96. The van der Waals surface area contributed by atoms with Crippen molar-refractivity contribution in [1.29, 1.82) is 0 Å². The smallest absolute Gasteiger partial charge is 0.328 e. The first-order valence-electron chi connectivity index (χ1n) is 9.52. The number of benzene rings is 2. The highest BCUT2D eigenvalue weighted by Crippen LogP contribution is 2.23. The van der Waals surface area contributed by atoms with E-state index in [0.29, 0.717) is 30.1 Å². The van der Waals surface area contributed by atoms with Crippen LogP contribution in [0.2, 0.25) is 0 Å². The van der Waals surface area contributed by atoms with Gasteiger partial charge in [0.2, 0.25) is 0 Å². The lowest BCUT2D eigenvalue weighted by molar-refractivity contribution is -0.134. The van der Waals surface area contributed by atoms with Gasteiger partial charge in [0, 0.05) is 37.2 Å². The van der Waals surface area contributed by atoms with Crippen molar-refractivity contribution in [3.63, 3.8) is 0 Å². The topological polar surface area (TPSA) is 94.9 Å². The van der Waals surface area contributed by atoms with Crippen LogP contribution in [0.4, 0.5) is 4.39 Å². The first-order chi connectivity index (χ1) is 14.3. The molecule has 1 fully saturated rings. The molecule has 2 aromatic rings. The van der Waals surface area contributed by atoms with E-state index in [2.05, 4.69) is 29.2 Å². The molecule has 0 aliphatic carbocycles. The molecule has 2 N–H and O–H groups in total. The zero-order chi connectivity index (χ0) is 21.9. The fourth-order valence-corrected chi connectivity index (χ4v) is 3.22. The van der Waals surface area contributed by atoms with E-state index in [9.17, 15) is 18.8 Å². The van der Waals surface area contributed by atoms with Crippen LogP contribution in [0.15, 0.2) is 66.7 Å². The number of likely N-dealkylation sites (tertiary alicyclic amines) is 1. The van der Waals surface area contributed by atoms with Gasteiger partial charge in [-0.05, 0) is 48.7 Å². The van der Waals surface area contributed by atoms with Gasteiger partial charge in [-0.15, -0.1) is 0 Å². The van der Waals surface area contributed by atoms with E-state index in [1.807, 2.05) is 6.07 Å². The number of carboxylic acids is 2. The monoisotopic (exact) mass is 413 g/mol. The quantitative estimate of drug-likeness (QED) is 0.532. The van der Waals surface area contributed by atoms with Gasteiger partial charge in [-0.25, -0.2) is 14.0 Å². The average molecular weight is 413 g/mol. The Labute approximate surface area is 174 Å². The van der Waals surface area contributed by atoms with Crippen LogP contribution in [0, 0.1) is 11.7 Å². The molecule has 3 rings (SSSR count). The standard InChI is InChI=1S/C19H20FNO.C4H4O4/c20-18-8-6-17(7-9-18)19(22)12-16-10-11-21(14-16)13-15-4-2-1-3-5-15;5-3(6)1-2-4(7)8/h1-9,16H,10-14H2;1-2H,(H,5,6)(H,7,8). The van der Waals surface area contributed by atoms with E-state index in [1.54, 1.807) is 12.1 Å². The Hall–Kier alpha value is -3.32. The van der Waals surface area contributed by atoms with Crippen molar-refractivity contribution in [2.24, 2.45) is 5.92 Å². The van der Waals surface area contributed by atoms with E-state index < -0.39 is 11.9 Å². The van der Waals surface area contributed by atoms with Crippen molar-refractivity contribution in [2.75, 3.05) is 13.1 Å². The number of carbonyl (C=O) groups is 3. The summed E-state index contributed by atoms with van der Waals surface area (Å²) in [5.74, 6) is -2.29. The van der Waals surface area contributed by atoms with Crippen molar-refractivity contribution >= 4 is 17.7 Å². The maximum Gasteiger partial charge on any atom is 0.328 e. The SMILES string of the molecule is O=C(CC1CCN(Cc2ccccc2)C1)c1ccc(F)cc1.O=C(O)C=CC(=O)O. The minimum atomic E-state index is -1.26. The summed E-state index contributed by atoms with van der Waals surface area (Å²) in [6.07, 6.45) is 2.72. The maximum atomic E-state index is 12.9. The third-order valence-corrected chi connectivity index (χ3v) is 4.63. The van der Waals surface area contributed by atoms with E-state index >= 15 is 0 Å². The van der Waals surface area contributed by atoms with Gasteiger partial charge < -0.3 is 10.2 Å². The van der Waals surface area contributed by atoms with Crippen LogP contribution < -0.4 is 0 Å². The van der Waals surface area contributed by atoms with Gasteiger partial charge in [0.05, 0.1) is 0 Å². The number of ketones is 1. The number of nitrogens with zero attached hydrogens (tertiary/aromatic N) is 1. The number of hydrogen-bond acceptors (Lipinski definition) is 4. The predicted molar refractivity (Wildman–Crippen MR) is 110 cm³/mol. The highest BCUT2D eigenvalue weighted by atomic mass is 19.1. The second-order valence-corrected chi connectivity index (χ2v) is 7.02. The molecule has 2 aromatic carbocycles. The molecule has 1 saturated heterocycles. The molecule has 0 amide bonds. The van der Waals surface area contributed by atoms with Gasteiger partial charge in [0.1, 0.15) is 5.82 Å². The largest absolute Gasteiger partial charge is 0.478 e. The van der Waals surface area contributed by atoms with Crippen molar-refractivity contribution in [3.8, 4) is 0 Å². The third kappa shape index (κ3) is 8.36. The summed E-state index contributed by atoms with van der Waals surface area (Å²) in [6, 6.07) is 16.3. The molecule has 30 heavy (non-hydrogen) atoms. The van der Waals surface area contributed by atoms with Crippen molar-refractivity contribution in [3.05, 3.63) is 83.7 Å². The molecule has 1 aliphatic heterocycles. The summed E-state index contributed by atoms with van der Waals surface area (Å²) in [5.41, 5.74) is 1.93. The Morgan fingerprint density at radius 2 is 1.57 bits per heavy atom. The number of aliphatic carboxylic acids is 2. The van der Waals surface area contributed by atoms with Gasteiger partial charge >= 0.3 is 11.9 Å². The van der Waals surface area contributed by atoms with Gasteiger partial charge in [-0.3, -0.25) is 9.69 Å². The Balaban J connectivity index is 0.000000343. The van der Waals surface area contributed by atoms with Crippen LogP contribution in [0.3, 0.4) is 0 Å². The summed E-state index contributed by atoms with van der Waals surface area (Å²) in [7, 11) is 0. The minimum Gasteiger partial charge on any atom is -0.478 e. The van der Waals surface area contributed by atoms with E-state index in [4.69, 9.17) is 10.2 Å². The fourth-order valence-electron chi connectivity index (χ4n) is 3.22. The summed E-state index contributed by atoms with van der Waals surface area (Å²) in [5, 5.41) is 15.6. The average Bonchev–Trinajstić information content (AvgIpc) is 3.15. The molecule has 0 radical (unpaired) electrons. The molecule has 0 bridgehead atoms. The van der Waals surface area contributed by atoms with Gasteiger partial charge in [-0.1, -0.05) is 30.3 Å². The van der Waals surface area contributed by atoms with E-state index in [-0.39, 0.29) is 11.6 Å². The second kappa shape index (κ2) is 11.6. The second-order valence-electron chi connectivity index (χ2n) is 7.02. The summed E-state index contributed by atoms with van der Waals surface area (Å²) in [4.78, 5) is 33.7. The van der Waals surface area contributed by atoms with E-state index in [0.717, 1.165) is 26.1 Å². The zero-order valence-electron chi connectivity index (χ0n) is 16.4. The molecule has 0 aromatic heterocycles. The Morgan fingerprint density at radius 1 is 0.967 bits per heavy atom. The van der Waals surface area contributed by atoms with Crippen LogP contribution in [0.1, 0.15) is 28.8 Å². The van der Waals surface area contributed by atoms with Crippen LogP contribution in [0.25, 0.3) is 0 Å². The highest BCUT2D eigenvalue weighted by Gasteiger charge is 2.24. The normalized spacial score (nSPS) is 16.1. The summed E-state index contributed by atoms with van der Waals surface area (Å²) in [6.45, 7) is 2.94. The molecule has 1 atom stereocenters. The first-order valence-corrected chi connectivity index (χ1v) is 9.52. The van der Waals surface area contributed by atoms with Gasteiger partial charge in [0.25, 0.3) is 0 Å². The van der Waals surface area contributed by atoms with Gasteiger partial charge in [0.15, 0.2) is 5.78 Å². The summed E-state index contributed by atoms with van der Waals surface area (Å²) < 4.78 is 12.9. The molecule has 1 aliphatic rings.